The highest BCUT2D eigenvalue weighted by atomic mass is 35.5. The van der Waals surface area contributed by atoms with Crippen molar-refractivity contribution in [3.05, 3.63) is 87.9 Å². The van der Waals surface area contributed by atoms with Gasteiger partial charge in [-0.15, -0.1) is 0 Å². The molecule has 4 rings (SSSR count). The molecular weight excluding hydrogens is 386 g/mol. The van der Waals surface area contributed by atoms with Gasteiger partial charge in [-0.1, -0.05) is 35.9 Å². The predicted octanol–water partition coefficient (Wildman–Crippen LogP) is 3.79. The molecule has 150 valence electrons. The summed E-state index contributed by atoms with van der Waals surface area (Å²) in [5.41, 5.74) is 4.56. The molecule has 0 bridgehead atoms. The lowest BCUT2D eigenvalue weighted by Crippen LogP contribution is -3.12. The maximum atomic E-state index is 10.3. The molecule has 29 heavy (non-hydrogen) atoms. The van der Waals surface area contributed by atoms with Crippen LogP contribution in [-0.4, -0.2) is 25.9 Å². The Kier molecular flexibility index (Phi) is 5.65. The zero-order valence-corrected chi connectivity index (χ0v) is 17.4. The van der Waals surface area contributed by atoms with Crippen molar-refractivity contribution in [1.82, 2.24) is 0 Å². The second-order valence-corrected chi connectivity index (χ2v) is 7.79. The Hall–Kier alpha value is -2.69. The quantitative estimate of drug-likeness (QED) is 0.672. The molecule has 3 aromatic carbocycles. The first-order valence-electron chi connectivity index (χ1n) is 9.72. The van der Waals surface area contributed by atoms with Crippen molar-refractivity contribution >= 4 is 11.6 Å². The summed E-state index contributed by atoms with van der Waals surface area (Å²) in [6.45, 7) is 1.66. The van der Waals surface area contributed by atoms with Gasteiger partial charge in [0.05, 0.1) is 20.8 Å². The van der Waals surface area contributed by atoms with E-state index in [9.17, 15) is 5.11 Å². The number of hydrogen-bond acceptors (Lipinski definition) is 3. The Labute approximate surface area is 176 Å². The van der Waals surface area contributed by atoms with Crippen LogP contribution in [0.5, 0.6) is 17.2 Å². The average Bonchev–Trinajstić information content (AvgIpc) is 2.74. The first-order valence-corrected chi connectivity index (χ1v) is 10.1. The average molecular weight is 411 g/mol. The molecule has 0 saturated heterocycles. The van der Waals surface area contributed by atoms with Crippen LogP contribution in [-0.2, 0) is 13.0 Å². The minimum atomic E-state index is 0.0804. The molecule has 1 aliphatic heterocycles. The lowest BCUT2D eigenvalue weighted by atomic mass is 9.87. The van der Waals surface area contributed by atoms with Crippen LogP contribution < -0.4 is 14.4 Å². The molecule has 0 radical (unpaired) electrons. The molecule has 1 unspecified atom stereocenters. The lowest BCUT2D eigenvalue weighted by Gasteiger charge is -2.35. The Bertz CT molecular complexity index is 1020. The van der Waals surface area contributed by atoms with Crippen LogP contribution in [0.2, 0.25) is 5.02 Å². The molecule has 2 atom stereocenters. The van der Waals surface area contributed by atoms with Gasteiger partial charge < -0.3 is 19.5 Å². The van der Waals surface area contributed by atoms with Crippen molar-refractivity contribution in [2.24, 2.45) is 0 Å². The number of benzene rings is 3. The number of ether oxygens (including phenoxy) is 2. The number of para-hydroxylation sites is 1. The van der Waals surface area contributed by atoms with E-state index in [1.807, 2.05) is 36.4 Å². The van der Waals surface area contributed by atoms with Crippen molar-refractivity contribution in [3.63, 3.8) is 0 Å². The number of hydrogen-bond donors (Lipinski definition) is 2. The van der Waals surface area contributed by atoms with Gasteiger partial charge in [0.2, 0.25) is 0 Å². The Morgan fingerprint density at radius 1 is 1.00 bits per heavy atom. The van der Waals surface area contributed by atoms with Crippen LogP contribution in [0.1, 0.15) is 28.3 Å². The minimum Gasteiger partial charge on any atom is -0.507 e. The number of phenols is 1. The number of halogens is 1. The Morgan fingerprint density at radius 3 is 2.48 bits per heavy atom. The van der Waals surface area contributed by atoms with Gasteiger partial charge >= 0.3 is 0 Å². The van der Waals surface area contributed by atoms with Crippen molar-refractivity contribution < 1.29 is 19.5 Å². The van der Waals surface area contributed by atoms with Crippen molar-refractivity contribution in [3.8, 4) is 17.2 Å². The summed E-state index contributed by atoms with van der Waals surface area (Å²) < 4.78 is 11.1. The zero-order chi connectivity index (χ0) is 20.4. The summed E-state index contributed by atoms with van der Waals surface area (Å²) in [7, 11) is 3.32. The first-order chi connectivity index (χ1) is 14.1. The molecule has 0 aromatic heterocycles. The van der Waals surface area contributed by atoms with Gasteiger partial charge in [0.1, 0.15) is 18.3 Å². The summed E-state index contributed by atoms with van der Waals surface area (Å²) in [6.07, 6.45) is 0.926. The van der Waals surface area contributed by atoms with Crippen molar-refractivity contribution in [2.75, 3.05) is 20.8 Å². The van der Waals surface area contributed by atoms with Crippen LogP contribution in [0.3, 0.4) is 0 Å². The van der Waals surface area contributed by atoms with Gasteiger partial charge in [-0.25, -0.2) is 0 Å². The molecule has 0 spiro atoms. The number of rotatable bonds is 5. The van der Waals surface area contributed by atoms with E-state index in [0.29, 0.717) is 5.75 Å². The fourth-order valence-electron chi connectivity index (χ4n) is 4.28. The van der Waals surface area contributed by atoms with E-state index in [-0.39, 0.29) is 6.04 Å². The molecule has 0 fully saturated rings. The SMILES string of the molecule is COc1cc2c(cc1OC)[C@@H](c1cccc(Cl)c1)[NH+](Cc1ccccc1O)CC2. The number of phenolic OH excluding ortho intramolecular Hbond substituents is 1. The van der Waals surface area contributed by atoms with E-state index < -0.39 is 0 Å². The molecule has 1 aliphatic rings. The fraction of sp³-hybridized carbons (Fsp3) is 0.250. The van der Waals surface area contributed by atoms with Crippen LogP contribution in [0.15, 0.2) is 60.7 Å². The summed E-state index contributed by atoms with van der Waals surface area (Å²) in [5.74, 6) is 1.81. The fourth-order valence-corrected chi connectivity index (χ4v) is 4.48. The molecule has 0 amide bonds. The van der Waals surface area contributed by atoms with Crippen LogP contribution in [0.4, 0.5) is 0 Å². The van der Waals surface area contributed by atoms with E-state index in [1.165, 1.54) is 16.0 Å². The molecule has 0 saturated carbocycles. The third-order valence-corrected chi connectivity index (χ3v) is 5.91. The van der Waals surface area contributed by atoms with Crippen molar-refractivity contribution in [2.45, 2.75) is 19.0 Å². The smallest absolute Gasteiger partial charge is 0.161 e. The lowest BCUT2D eigenvalue weighted by molar-refractivity contribution is -0.941. The highest BCUT2D eigenvalue weighted by Crippen LogP contribution is 2.36. The molecular formula is C24H25ClNO3+. The Morgan fingerprint density at radius 2 is 1.76 bits per heavy atom. The molecule has 3 aromatic rings. The molecule has 1 heterocycles. The Balaban J connectivity index is 1.82. The third kappa shape index (κ3) is 3.91. The number of methoxy groups -OCH3 is 2. The molecule has 5 heteroatoms. The largest absolute Gasteiger partial charge is 0.507 e. The number of aromatic hydroxyl groups is 1. The number of fused-ring (bicyclic) bond motifs is 1. The highest BCUT2D eigenvalue weighted by Gasteiger charge is 2.34. The zero-order valence-electron chi connectivity index (χ0n) is 16.6. The second kappa shape index (κ2) is 8.36. The van der Waals surface area contributed by atoms with Gasteiger partial charge in [0, 0.05) is 28.1 Å². The van der Waals surface area contributed by atoms with E-state index in [4.69, 9.17) is 21.1 Å². The van der Waals surface area contributed by atoms with E-state index in [2.05, 4.69) is 18.2 Å². The van der Waals surface area contributed by atoms with Crippen LogP contribution in [0, 0.1) is 0 Å². The predicted molar refractivity (Wildman–Crippen MR) is 114 cm³/mol. The standard InChI is InChI=1S/C24H24ClNO3/c1-28-22-13-16-10-11-26(15-18-6-3-4-9-21(18)27)24(20(16)14-23(22)29-2)17-7-5-8-19(25)12-17/h3-9,12-14,24,27H,10-11,15H2,1-2H3/p+1/t24-/m1/s1. The van der Waals surface area contributed by atoms with Gasteiger partial charge in [0.25, 0.3) is 0 Å². The first kappa shape index (κ1) is 19.6. The normalized spacial score (nSPS) is 18.2. The van der Waals surface area contributed by atoms with E-state index >= 15 is 0 Å². The number of nitrogens with one attached hydrogen (secondary N) is 1. The van der Waals surface area contributed by atoms with Gasteiger partial charge in [-0.2, -0.15) is 0 Å². The monoisotopic (exact) mass is 410 g/mol. The van der Waals surface area contributed by atoms with Crippen LogP contribution in [0.25, 0.3) is 0 Å². The minimum absolute atomic E-state index is 0.0804. The highest BCUT2D eigenvalue weighted by molar-refractivity contribution is 6.30. The maximum Gasteiger partial charge on any atom is 0.161 e. The maximum absolute atomic E-state index is 10.3. The molecule has 0 aliphatic carbocycles. The van der Waals surface area contributed by atoms with Crippen molar-refractivity contribution in [1.29, 1.82) is 0 Å². The summed E-state index contributed by atoms with van der Waals surface area (Å²) in [6, 6.07) is 19.8. The van der Waals surface area contributed by atoms with Crippen LogP contribution >= 0.6 is 11.6 Å². The third-order valence-electron chi connectivity index (χ3n) is 5.67. The van der Waals surface area contributed by atoms with E-state index in [1.54, 1.807) is 20.3 Å². The number of quaternary nitrogens is 1. The second-order valence-electron chi connectivity index (χ2n) is 7.36. The molecule has 2 N–H and O–H groups in total. The topological polar surface area (TPSA) is 43.1 Å². The summed E-state index contributed by atoms with van der Waals surface area (Å²) in [5, 5.41) is 11.0. The summed E-state index contributed by atoms with van der Waals surface area (Å²) in [4.78, 5) is 1.36. The van der Waals surface area contributed by atoms with Gasteiger partial charge in [0.15, 0.2) is 11.5 Å². The summed E-state index contributed by atoms with van der Waals surface area (Å²) >= 11 is 6.34. The van der Waals surface area contributed by atoms with E-state index in [0.717, 1.165) is 47.2 Å². The molecule has 4 nitrogen and oxygen atoms in total. The van der Waals surface area contributed by atoms with Gasteiger partial charge in [-0.3, -0.25) is 0 Å². The van der Waals surface area contributed by atoms with Gasteiger partial charge in [-0.05, 0) is 42.0 Å².